The Kier molecular flexibility index (Phi) is 3.49. The lowest BCUT2D eigenvalue weighted by molar-refractivity contribution is 0.160. The van der Waals surface area contributed by atoms with E-state index in [4.69, 9.17) is 5.73 Å². The lowest BCUT2D eigenvalue weighted by Crippen LogP contribution is -2.32. The number of nitrogens with two attached hydrogens (primary N) is 1. The van der Waals surface area contributed by atoms with Crippen LogP contribution in [0.5, 0.6) is 0 Å². The van der Waals surface area contributed by atoms with Crippen LogP contribution in [0.3, 0.4) is 0 Å². The average Bonchev–Trinajstić information content (AvgIpc) is 2.48. The fourth-order valence-corrected chi connectivity index (χ4v) is 1.26. The Hall–Kier alpha value is -1.07. The van der Waals surface area contributed by atoms with Crippen LogP contribution in [0.4, 0.5) is 0 Å². The van der Waals surface area contributed by atoms with Crippen molar-refractivity contribution in [3.05, 3.63) is 22.9 Å². The smallest absolute Gasteiger partial charge is 0.328 e. The summed E-state index contributed by atoms with van der Waals surface area (Å²) in [5, 5.41) is 9.29. The van der Waals surface area contributed by atoms with E-state index in [1.54, 1.807) is 17.0 Å². The van der Waals surface area contributed by atoms with E-state index >= 15 is 0 Å². The van der Waals surface area contributed by atoms with Gasteiger partial charge in [-0.2, -0.15) is 0 Å². The number of hydrogen-bond acceptors (Lipinski definition) is 3. The molecular weight excluding hydrogens is 182 g/mol. The van der Waals surface area contributed by atoms with Gasteiger partial charge in [0.05, 0.1) is 12.6 Å². The molecule has 0 bridgehead atoms. The monoisotopic (exact) mass is 199 g/mol. The van der Waals surface area contributed by atoms with Crippen LogP contribution in [0.25, 0.3) is 0 Å². The highest BCUT2D eigenvalue weighted by Crippen LogP contribution is 1.99. The predicted octanol–water partition coefficient (Wildman–Crippen LogP) is -0.450. The van der Waals surface area contributed by atoms with Crippen molar-refractivity contribution >= 4 is 0 Å². The van der Waals surface area contributed by atoms with Crippen LogP contribution in [0.15, 0.2) is 17.2 Å². The zero-order valence-electron chi connectivity index (χ0n) is 8.55. The molecule has 1 rings (SSSR count). The molecule has 3 N–H and O–H groups in total. The molecule has 0 radical (unpaired) electrons. The number of aromatic nitrogens is 2. The van der Waals surface area contributed by atoms with Gasteiger partial charge in [-0.15, -0.1) is 0 Å². The molecule has 1 aromatic rings. The van der Waals surface area contributed by atoms with Crippen molar-refractivity contribution in [1.82, 2.24) is 9.13 Å². The first-order valence-corrected chi connectivity index (χ1v) is 4.71. The summed E-state index contributed by atoms with van der Waals surface area (Å²) in [5.74, 6) is 0. The second kappa shape index (κ2) is 4.43. The molecule has 5 nitrogen and oxygen atoms in total. The Morgan fingerprint density at radius 3 is 2.57 bits per heavy atom. The van der Waals surface area contributed by atoms with Crippen LogP contribution in [0.1, 0.15) is 19.9 Å². The number of aliphatic hydroxyl groups is 1. The Bertz CT molecular complexity index is 340. The summed E-state index contributed by atoms with van der Waals surface area (Å²) in [6, 6.07) is 0.138. The maximum Gasteiger partial charge on any atom is 0.328 e. The van der Waals surface area contributed by atoms with Gasteiger partial charge < -0.3 is 10.8 Å². The summed E-state index contributed by atoms with van der Waals surface area (Å²) in [4.78, 5) is 11.6. The van der Waals surface area contributed by atoms with Crippen molar-refractivity contribution in [2.75, 3.05) is 6.54 Å². The summed E-state index contributed by atoms with van der Waals surface area (Å²) < 4.78 is 3.08. The highest BCUT2D eigenvalue weighted by atomic mass is 16.3. The number of hydrogen-bond donors (Lipinski definition) is 2. The minimum absolute atomic E-state index is 0.104. The topological polar surface area (TPSA) is 73.2 Å². The fraction of sp³-hybridized carbons (Fsp3) is 0.667. The van der Waals surface area contributed by atoms with E-state index in [0.29, 0.717) is 0 Å². The molecule has 0 fully saturated rings. The molecule has 0 spiro atoms. The van der Waals surface area contributed by atoms with Gasteiger partial charge in [-0.05, 0) is 13.8 Å². The summed E-state index contributed by atoms with van der Waals surface area (Å²) in [6.45, 7) is 4.30. The number of imidazole rings is 1. The van der Waals surface area contributed by atoms with Gasteiger partial charge in [0, 0.05) is 25.0 Å². The minimum atomic E-state index is -0.657. The van der Waals surface area contributed by atoms with E-state index in [9.17, 15) is 9.90 Å². The van der Waals surface area contributed by atoms with E-state index in [1.807, 2.05) is 13.8 Å². The molecule has 5 heteroatoms. The van der Waals surface area contributed by atoms with Crippen molar-refractivity contribution in [1.29, 1.82) is 0 Å². The number of rotatable bonds is 4. The SMILES string of the molecule is CC(C)n1ccn(CC(O)CN)c1=O. The number of nitrogens with zero attached hydrogens (tertiary/aromatic N) is 2. The predicted molar refractivity (Wildman–Crippen MR) is 54.1 cm³/mol. The lowest BCUT2D eigenvalue weighted by atomic mass is 10.3. The van der Waals surface area contributed by atoms with Crippen LogP contribution < -0.4 is 11.4 Å². The van der Waals surface area contributed by atoms with Crippen molar-refractivity contribution in [2.45, 2.75) is 32.5 Å². The summed E-state index contributed by atoms with van der Waals surface area (Å²) >= 11 is 0. The van der Waals surface area contributed by atoms with Crippen molar-refractivity contribution < 1.29 is 5.11 Å². The van der Waals surface area contributed by atoms with E-state index in [-0.39, 0.29) is 24.8 Å². The largest absolute Gasteiger partial charge is 0.390 e. The molecular formula is C9H17N3O2. The quantitative estimate of drug-likeness (QED) is 0.690. The third-order valence-corrected chi connectivity index (χ3v) is 2.11. The first-order valence-electron chi connectivity index (χ1n) is 4.71. The van der Waals surface area contributed by atoms with Gasteiger partial charge >= 0.3 is 5.69 Å². The Morgan fingerprint density at radius 1 is 1.50 bits per heavy atom. The molecule has 1 atom stereocenters. The molecule has 80 valence electrons. The minimum Gasteiger partial charge on any atom is -0.390 e. The summed E-state index contributed by atoms with van der Waals surface area (Å²) in [5.41, 5.74) is 5.16. The fourth-order valence-electron chi connectivity index (χ4n) is 1.26. The summed E-state index contributed by atoms with van der Waals surface area (Å²) in [6.07, 6.45) is 2.73. The third-order valence-electron chi connectivity index (χ3n) is 2.11. The highest BCUT2D eigenvalue weighted by molar-refractivity contribution is 4.84. The molecule has 0 aliphatic heterocycles. The van der Waals surface area contributed by atoms with Crippen LogP contribution >= 0.6 is 0 Å². The van der Waals surface area contributed by atoms with E-state index in [1.165, 1.54) is 4.57 Å². The third kappa shape index (κ3) is 2.24. The maximum absolute atomic E-state index is 11.6. The van der Waals surface area contributed by atoms with Gasteiger partial charge in [0.25, 0.3) is 0 Å². The molecule has 0 amide bonds. The van der Waals surface area contributed by atoms with Crippen LogP contribution in [-0.4, -0.2) is 26.9 Å². The van der Waals surface area contributed by atoms with Crippen molar-refractivity contribution in [3.8, 4) is 0 Å². The van der Waals surface area contributed by atoms with E-state index in [2.05, 4.69) is 0 Å². The molecule has 0 saturated carbocycles. The van der Waals surface area contributed by atoms with Gasteiger partial charge in [0.1, 0.15) is 0 Å². The Labute approximate surface area is 82.8 Å². The van der Waals surface area contributed by atoms with Crippen molar-refractivity contribution in [3.63, 3.8) is 0 Å². The molecule has 0 aliphatic carbocycles. The molecule has 1 aromatic heterocycles. The standard InChI is InChI=1S/C9H17N3O2/c1-7(2)12-4-3-11(9(12)14)6-8(13)5-10/h3-4,7-8,13H,5-6,10H2,1-2H3. The second-order valence-corrected chi connectivity index (χ2v) is 3.62. The zero-order valence-corrected chi connectivity index (χ0v) is 8.55. The van der Waals surface area contributed by atoms with Gasteiger partial charge in [0.2, 0.25) is 0 Å². The van der Waals surface area contributed by atoms with Crippen LogP contribution in [0.2, 0.25) is 0 Å². The zero-order chi connectivity index (χ0) is 10.7. The lowest BCUT2D eigenvalue weighted by Gasteiger charge is -2.08. The van der Waals surface area contributed by atoms with Crippen LogP contribution in [-0.2, 0) is 6.54 Å². The van der Waals surface area contributed by atoms with Gasteiger partial charge in [-0.3, -0.25) is 9.13 Å². The molecule has 0 saturated heterocycles. The maximum atomic E-state index is 11.6. The summed E-state index contributed by atoms with van der Waals surface area (Å²) in [7, 11) is 0. The first-order chi connectivity index (χ1) is 6.56. The molecule has 14 heavy (non-hydrogen) atoms. The van der Waals surface area contributed by atoms with Gasteiger partial charge in [0.15, 0.2) is 0 Å². The second-order valence-electron chi connectivity index (χ2n) is 3.62. The average molecular weight is 199 g/mol. The van der Waals surface area contributed by atoms with E-state index < -0.39 is 6.10 Å². The van der Waals surface area contributed by atoms with Gasteiger partial charge in [-0.25, -0.2) is 4.79 Å². The normalized spacial score (nSPS) is 13.5. The Balaban J connectivity index is 2.85. The first kappa shape index (κ1) is 11.0. The molecule has 0 aliphatic rings. The Morgan fingerprint density at radius 2 is 2.14 bits per heavy atom. The van der Waals surface area contributed by atoms with Crippen LogP contribution in [0, 0.1) is 0 Å². The molecule has 1 heterocycles. The van der Waals surface area contributed by atoms with Gasteiger partial charge in [-0.1, -0.05) is 0 Å². The van der Waals surface area contributed by atoms with Crippen molar-refractivity contribution in [2.24, 2.45) is 5.73 Å². The number of aliphatic hydroxyl groups excluding tert-OH is 1. The highest BCUT2D eigenvalue weighted by Gasteiger charge is 2.08. The molecule has 0 aromatic carbocycles. The van der Waals surface area contributed by atoms with E-state index in [0.717, 1.165) is 0 Å². The molecule has 1 unspecified atom stereocenters.